The average molecular weight is 299 g/mol. The molecular formula is C16H15ClN4. The normalized spacial score (nSPS) is 10.9. The first-order chi connectivity index (χ1) is 10.0. The van der Waals surface area contributed by atoms with E-state index in [4.69, 9.17) is 11.6 Å². The van der Waals surface area contributed by atoms with Crippen LogP contribution >= 0.6 is 11.6 Å². The van der Waals surface area contributed by atoms with Gasteiger partial charge in [-0.3, -0.25) is 4.98 Å². The first-order valence-corrected chi connectivity index (χ1v) is 7.04. The summed E-state index contributed by atoms with van der Waals surface area (Å²) in [6.45, 7) is 6.13. The van der Waals surface area contributed by atoms with E-state index in [0.717, 1.165) is 27.8 Å². The van der Waals surface area contributed by atoms with Crippen LogP contribution in [0.5, 0.6) is 0 Å². The van der Waals surface area contributed by atoms with Crippen molar-refractivity contribution in [2.24, 2.45) is 0 Å². The monoisotopic (exact) mass is 298 g/mol. The largest absolute Gasteiger partial charge is 0.323 e. The average Bonchev–Trinajstić information content (AvgIpc) is 2.43. The fraction of sp³-hybridized carbons (Fsp3) is 0.188. The van der Waals surface area contributed by atoms with E-state index in [9.17, 15) is 0 Å². The van der Waals surface area contributed by atoms with E-state index in [0.29, 0.717) is 11.0 Å². The van der Waals surface area contributed by atoms with Gasteiger partial charge >= 0.3 is 0 Å². The minimum Gasteiger partial charge on any atom is -0.323 e. The Morgan fingerprint density at radius 3 is 2.43 bits per heavy atom. The molecule has 0 radical (unpaired) electrons. The van der Waals surface area contributed by atoms with Gasteiger partial charge in [0.2, 0.25) is 5.95 Å². The molecule has 1 N–H and O–H groups in total. The van der Waals surface area contributed by atoms with Gasteiger partial charge in [0.05, 0.1) is 28.6 Å². The number of hydrogen-bond donors (Lipinski definition) is 1. The third kappa shape index (κ3) is 2.81. The predicted octanol–water partition coefficient (Wildman–Crippen LogP) is 4.35. The lowest BCUT2D eigenvalue weighted by Crippen LogP contribution is -1.99. The van der Waals surface area contributed by atoms with Gasteiger partial charge < -0.3 is 5.32 Å². The quantitative estimate of drug-likeness (QED) is 0.764. The number of nitrogens with one attached hydrogen (secondary N) is 1. The third-order valence-electron chi connectivity index (χ3n) is 3.24. The number of fused-ring (bicyclic) bond motifs is 1. The molecule has 2 aromatic heterocycles. The van der Waals surface area contributed by atoms with Gasteiger partial charge in [-0.15, -0.1) is 0 Å². The first-order valence-electron chi connectivity index (χ1n) is 6.66. The van der Waals surface area contributed by atoms with Gasteiger partial charge in [0.1, 0.15) is 0 Å². The van der Waals surface area contributed by atoms with E-state index < -0.39 is 0 Å². The summed E-state index contributed by atoms with van der Waals surface area (Å²) in [6.07, 6.45) is 3.15. The number of anilines is 2. The standard InChI is InChI=1S/C16H15ClN4/c1-9-4-10(2)15-13(5-9)14(6-11(3)20-15)21-16-18-7-12(17)8-19-16/h4-8H,1-3H3,(H,18,19,20,21). The van der Waals surface area contributed by atoms with Crippen molar-refractivity contribution in [3.63, 3.8) is 0 Å². The fourth-order valence-corrected chi connectivity index (χ4v) is 2.51. The smallest absolute Gasteiger partial charge is 0.227 e. The Bertz CT molecular complexity index is 813. The van der Waals surface area contributed by atoms with E-state index in [-0.39, 0.29) is 0 Å². The number of rotatable bonds is 2. The third-order valence-corrected chi connectivity index (χ3v) is 3.44. The minimum atomic E-state index is 0.517. The summed E-state index contributed by atoms with van der Waals surface area (Å²) in [6, 6.07) is 6.25. The first kappa shape index (κ1) is 13.8. The number of nitrogens with zero attached hydrogens (tertiary/aromatic N) is 3. The van der Waals surface area contributed by atoms with Crippen LogP contribution in [0, 0.1) is 20.8 Å². The predicted molar refractivity (Wildman–Crippen MR) is 86.3 cm³/mol. The van der Waals surface area contributed by atoms with Gasteiger partial charge in [-0.05, 0) is 38.5 Å². The van der Waals surface area contributed by atoms with Gasteiger partial charge in [0.25, 0.3) is 0 Å². The van der Waals surface area contributed by atoms with E-state index in [1.807, 2.05) is 13.0 Å². The molecule has 3 rings (SSSR count). The maximum absolute atomic E-state index is 5.81. The zero-order valence-electron chi connectivity index (χ0n) is 12.1. The van der Waals surface area contributed by atoms with Crippen LogP contribution in [0.25, 0.3) is 10.9 Å². The molecule has 4 nitrogen and oxygen atoms in total. The second-order valence-electron chi connectivity index (χ2n) is 5.14. The number of benzene rings is 1. The lowest BCUT2D eigenvalue weighted by atomic mass is 10.0. The summed E-state index contributed by atoms with van der Waals surface area (Å²) in [5.74, 6) is 0.519. The molecule has 0 unspecified atom stereocenters. The molecule has 0 amide bonds. The van der Waals surface area contributed by atoms with Crippen molar-refractivity contribution in [2.45, 2.75) is 20.8 Å². The zero-order valence-corrected chi connectivity index (χ0v) is 12.9. The van der Waals surface area contributed by atoms with Crippen molar-refractivity contribution in [3.05, 3.63) is 52.4 Å². The summed E-state index contributed by atoms with van der Waals surface area (Å²) in [7, 11) is 0. The van der Waals surface area contributed by atoms with Crippen LogP contribution in [0.15, 0.2) is 30.6 Å². The van der Waals surface area contributed by atoms with Gasteiger partial charge in [0, 0.05) is 11.1 Å². The van der Waals surface area contributed by atoms with E-state index in [1.165, 1.54) is 5.56 Å². The highest BCUT2D eigenvalue weighted by Crippen LogP contribution is 2.28. The SMILES string of the molecule is Cc1cc(C)c2nc(C)cc(Nc3ncc(Cl)cn3)c2c1. The highest BCUT2D eigenvalue weighted by atomic mass is 35.5. The van der Waals surface area contributed by atoms with Crippen LogP contribution in [0.2, 0.25) is 5.02 Å². The Hall–Kier alpha value is -2.20. The fourth-order valence-electron chi connectivity index (χ4n) is 2.41. The van der Waals surface area contributed by atoms with E-state index >= 15 is 0 Å². The summed E-state index contributed by atoms with van der Waals surface area (Å²) >= 11 is 5.81. The van der Waals surface area contributed by atoms with E-state index in [1.54, 1.807) is 12.4 Å². The summed E-state index contributed by atoms with van der Waals surface area (Å²) in [5.41, 5.74) is 5.26. The summed E-state index contributed by atoms with van der Waals surface area (Å²) in [4.78, 5) is 13.0. The molecule has 0 saturated heterocycles. The Morgan fingerprint density at radius 2 is 1.71 bits per heavy atom. The Labute approximate surface area is 128 Å². The molecular weight excluding hydrogens is 284 g/mol. The highest BCUT2D eigenvalue weighted by molar-refractivity contribution is 6.30. The molecule has 2 heterocycles. The number of pyridine rings is 1. The lowest BCUT2D eigenvalue weighted by Gasteiger charge is -2.12. The van der Waals surface area contributed by atoms with Crippen LogP contribution in [-0.4, -0.2) is 15.0 Å². The zero-order chi connectivity index (χ0) is 15.0. The van der Waals surface area contributed by atoms with Crippen LogP contribution in [0.4, 0.5) is 11.6 Å². The summed E-state index contributed by atoms with van der Waals surface area (Å²) < 4.78 is 0. The maximum atomic E-state index is 5.81. The van der Waals surface area contributed by atoms with Crippen LogP contribution < -0.4 is 5.32 Å². The minimum absolute atomic E-state index is 0.517. The Balaban J connectivity index is 2.15. The van der Waals surface area contributed by atoms with Crippen molar-refractivity contribution in [1.82, 2.24) is 15.0 Å². The molecule has 3 aromatic rings. The second-order valence-corrected chi connectivity index (χ2v) is 5.58. The molecule has 0 saturated carbocycles. The van der Waals surface area contributed by atoms with E-state index in [2.05, 4.69) is 46.2 Å². The number of aromatic nitrogens is 3. The molecule has 5 heteroatoms. The van der Waals surface area contributed by atoms with Crippen LogP contribution in [0.1, 0.15) is 16.8 Å². The number of halogens is 1. The van der Waals surface area contributed by atoms with Crippen molar-refractivity contribution < 1.29 is 0 Å². The Morgan fingerprint density at radius 1 is 1.00 bits per heavy atom. The molecule has 0 spiro atoms. The molecule has 0 aliphatic heterocycles. The number of aryl methyl sites for hydroxylation is 3. The van der Waals surface area contributed by atoms with Crippen LogP contribution in [-0.2, 0) is 0 Å². The van der Waals surface area contributed by atoms with Gasteiger partial charge in [-0.1, -0.05) is 23.2 Å². The molecule has 0 fully saturated rings. The van der Waals surface area contributed by atoms with Crippen molar-refractivity contribution in [3.8, 4) is 0 Å². The Kier molecular flexibility index (Phi) is 3.47. The van der Waals surface area contributed by atoms with Gasteiger partial charge in [-0.2, -0.15) is 0 Å². The molecule has 21 heavy (non-hydrogen) atoms. The highest BCUT2D eigenvalue weighted by Gasteiger charge is 2.08. The molecule has 0 aliphatic rings. The molecule has 1 aromatic carbocycles. The summed E-state index contributed by atoms with van der Waals surface area (Å²) in [5, 5.41) is 4.83. The van der Waals surface area contributed by atoms with Crippen molar-refractivity contribution in [2.75, 3.05) is 5.32 Å². The van der Waals surface area contributed by atoms with Crippen molar-refractivity contribution in [1.29, 1.82) is 0 Å². The topological polar surface area (TPSA) is 50.7 Å². The van der Waals surface area contributed by atoms with Crippen LogP contribution in [0.3, 0.4) is 0 Å². The molecule has 0 atom stereocenters. The lowest BCUT2D eigenvalue weighted by molar-refractivity contribution is 1.16. The second kappa shape index (κ2) is 5.30. The molecule has 106 valence electrons. The molecule has 0 bridgehead atoms. The maximum Gasteiger partial charge on any atom is 0.227 e. The van der Waals surface area contributed by atoms with Gasteiger partial charge in [-0.25, -0.2) is 9.97 Å². The molecule has 0 aliphatic carbocycles. The van der Waals surface area contributed by atoms with Crippen molar-refractivity contribution >= 4 is 34.1 Å². The number of hydrogen-bond acceptors (Lipinski definition) is 4. The van der Waals surface area contributed by atoms with Gasteiger partial charge in [0.15, 0.2) is 0 Å².